The fourth-order valence-corrected chi connectivity index (χ4v) is 3.13. The van der Waals surface area contributed by atoms with E-state index in [-0.39, 0.29) is 5.78 Å². The van der Waals surface area contributed by atoms with E-state index in [9.17, 15) is 4.79 Å². The first kappa shape index (κ1) is 14.9. The number of carbonyl (C=O) groups is 1. The van der Waals surface area contributed by atoms with Crippen molar-refractivity contribution in [2.45, 2.75) is 26.5 Å². The first-order valence-corrected chi connectivity index (χ1v) is 7.96. The van der Waals surface area contributed by atoms with E-state index in [2.05, 4.69) is 25.1 Å². The topological polar surface area (TPSA) is 17.1 Å². The normalized spacial score (nSPS) is 10.6. The Morgan fingerprint density at radius 2 is 1.75 bits per heavy atom. The molecule has 0 bridgehead atoms. The fraction of sp³-hybridized carbons (Fsp3) is 0.278. The third kappa shape index (κ3) is 3.73. The minimum absolute atomic E-state index is 0.227. The van der Waals surface area contributed by atoms with Crippen LogP contribution in [-0.4, -0.2) is 11.5 Å². The third-order valence-electron chi connectivity index (χ3n) is 3.45. The van der Waals surface area contributed by atoms with Gasteiger partial charge in [-0.15, -0.1) is 11.8 Å². The van der Waals surface area contributed by atoms with E-state index >= 15 is 0 Å². The zero-order valence-corrected chi connectivity index (χ0v) is 13.1. The molecule has 0 unspecified atom stereocenters. The fourth-order valence-electron chi connectivity index (χ4n) is 2.14. The summed E-state index contributed by atoms with van der Waals surface area (Å²) in [4.78, 5) is 12.3. The second-order valence-electron chi connectivity index (χ2n) is 5.16. The molecule has 0 aromatic heterocycles. The average Bonchev–Trinajstić information content (AvgIpc) is 2.43. The Hall–Kier alpha value is -1.54. The SMILES string of the molecule is Cc1ccc(C)c(C(=O)CSCc2ccccc2C)c1. The predicted octanol–water partition coefficient (Wildman–Crippen LogP) is 4.73. The molecule has 2 aromatic rings. The van der Waals surface area contributed by atoms with E-state index in [0.717, 1.165) is 22.4 Å². The number of aryl methyl sites for hydroxylation is 3. The van der Waals surface area contributed by atoms with E-state index in [0.29, 0.717) is 5.75 Å². The van der Waals surface area contributed by atoms with Gasteiger partial charge in [0.1, 0.15) is 0 Å². The van der Waals surface area contributed by atoms with Crippen molar-refractivity contribution in [2.75, 3.05) is 5.75 Å². The Labute approximate surface area is 125 Å². The summed E-state index contributed by atoms with van der Waals surface area (Å²) in [7, 11) is 0. The number of thioether (sulfide) groups is 1. The summed E-state index contributed by atoms with van der Waals surface area (Å²) in [6.45, 7) is 6.14. The number of benzene rings is 2. The maximum absolute atomic E-state index is 12.3. The van der Waals surface area contributed by atoms with Crippen LogP contribution in [0.3, 0.4) is 0 Å². The van der Waals surface area contributed by atoms with Crippen LogP contribution >= 0.6 is 11.8 Å². The van der Waals surface area contributed by atoms with Crippen LogP contribution in [0, 0.1) is 20.8 Å². The monoisotopic (exact) mass is 284 g/mol. The summed E-state index contributed by atoms with van der Waals surface area (Å²) in [6, 6.07) is 14.4. The summed E-state index contributed by atoms with van der Waals surface area (Å²) in [6.07, 6.45) is 0. The maximum Gasteiger partial charge on any atom is 0.173 e. The molecule has 2 heteroatoms. The second kappa shape index (κ2) is 6.76. The van der Waals surface area contributed by atoms with Gasteiger partial charge in [0.05, 0.1) is 5.75 Å². The van der Waals surface area contributed by atoms with Gasteiger partial charge in [0, 0.05) is 11.3 Å². The van der Waals surface area contributed by atoms with Crippen molar-refractivity contribution in [1.29, 1.82) is 0 Å². The van der Waals surface area contributed by atoms with Crippen LogP contribution in [0.2, 0.25) is 0 Å². The Kier molecular flexibility index (Phi) is 5.02. The van der Waals surface area contributed by atoms with Crippen molar-refractivity contribution in [3.63, 3.8) is 0 Å². The molecule has 0 aliphatic carbocycles. The molecule has 2 aromatic carbocycles. The Morgan fingerprint density at radius 1 is 1.00 bits per heavy atom. The molecule has 0 atom stereocenters. The number of rotatable bonds is 5. The van der Waals surface area contributed by atoms with Crippen LogP contribution < -0.4 is 0 Å². The predicted molar refractivity (Wildman–Crippen MR) is 87.6 cm³/mol. The highest BCUT2D eigenvalue weighted by molar-refractivity contribution is 7.99. The maximum atomic E-state index is 12.3. The van der Waals surface area contributed by atoms with Crippen molar-refractivity contribution in [3.05, 3.63) is 70.3 Å². The van der Waals surface area contributed by atoms with Crippen molar-refractivity contribution < 1.29 is 4.79 Å². The molecule has 0 heterocycles. The molecule has 2 rings (SSSR count). The van der Waals surface area contributed by atoms with Crippen LogP contribution in [0.1, 0.15) is 32.6 Å². The highest BCUT2D eigenvalue weighted by atomic mass is 32.2. The van der Waals surface area contributed by atoms with Gasteiger partial charge in [-0.1, -0.05) is 42.0 Å². The third-order valence-corrected chi connectivity index (χ3v) is 4.43. The van der Waals surface area contributed by atoms with Gasteiger partial charge >= 0.3 is 0 Å². The van der Waals surface area contributed by atoms with Crippen LogP contribution in [-0.2, 0) is 5.75 Å². The number of Topliss-reactive ketones (excluding diaryl/α,β-unsaturated/α-hetero) is 1. The van der Waals surface area contributed by atoms with Crippen molar-refractivity contribution in [2.24, 2.45) is 0 Å². The quantitative estimate of drug-likeness (QED) is 0.738. The minimum atomic E-state index is 0.227. The minimum Gasteiger partial charge on any atom is -0.293 e. The van der Waals surface area contributed by atoms with E-state index in [1.54, 1.807) is 11.8 Å². The van der Waals surface area contributed by atoms with E-state index in [1.807, 2.05) is 38.1 Å². The van der Waals surface area contributed by atoms with Crippen LogP contribution in [0.15, 0.2) is 42.5 Å². The van der Waals surface area contributed by atoms with Crippen LogP contribution in [0.5, 0.6) is 0 Å². The largest absolute Gasteiger partial charge is 0.293 e. The molecular formula is C18H20OS. The summed E-state index contributed by atoms with van der Waals surface area (Å²) in [5, 5.41) is 0. The molecule has 0 amide bonds. The zero-order valence-electron chi connectivity index (χ0n) is 12.3. The highest BCUT2D eigenvalue weighted by Crippen LogP contribution is 2.19. The Morgan fingerprint density at radius 3 is 2.50 bits per heavy atom. The van der Waals surface area contributed by atoms with Crippen molar-refractivity contribution in [3.8, 4) is 0 Å². The number of hydrogen-bond acceptors (Lipinski definition) is 2. The van der Waals surface area contributed by atoms with Crippen molar-refractivity contribution >= 4 is 17.5 Å². The lowest BCUT2D eigenvalue weighted by molar-refractivity contribution is 0.102. The van der Waals surface area contributed by atoms with E-state index in [4.69, 9.17) is 0 Å². The van der Waals surface area contributed by atoms with Gasteiger partial charge in [-0.05, 0) is 43.5 Å². The lowest BCUT2D eigenvalue weighted by atomic mass is 10.0. The lowest BCUT2D eigenvalue weighted by Gasteiger charge is -2.07. The molecule has 0 aliphatic heterocycles. The number of hydrogen-bond donors (Lipinski definition) is 0. The van der Waals surface area contributed by atoms with Gasteiger partial charge in [0.2, 0.25) is 0 Å². The van der Waals surface area contributed by atoms with Gasteiger partial charge in [0.15, 0.2) is 5.78 Å². The first-order valence-electron chi connectivity index (χ1n) is 6.80. The number of carbonyl (C=O) groups excluding carboxylic acids is 1. The summed E-state index contributed by atoms with van der Waals surface area (Å²) >= 11 is 1.69. The summed E-state index contributed by atoms with van der Waals surface area (Å²) in [5.74, 6) is 1.66. The molecule has 0 radical (unpaired) electrons. The molecule has 1 nitrogen and oxygen atoms in total. The van der Waals surface area contributed by atoms with Crippen molar-refractivity contribution in [1.82, 2.24) is 0 Å². The molecule has 0 saturated heterocycles. The van der Waals surface area contributed by atoms with Crippen LogP contribution in [0.4, 0.5) is 0 Å². The Balaban J connectivity index is 1.96. The lowest BCUT2D eigenvalue weighted by Crippen LogP contribution is -2.05. The van der Waals surface area contributed by atoms with Gasteiger partial charge in [-0.25, -0.2) is 0 Å². The Bertz CT molecular complexity index is 617. The highest BCUT2D eigenvalue weighted by Gasteiger charge is 2.09. The molecule has 20 heavy (non-hydrogen) atoms. The molecule has 104 valence electrons. The molecule has 0 fully saturated rings. The molecule has 0 aliphatic rings. The van der Waals surface area contributed by atoms with Gasteiger partial charge in [0.25, 0.3) is 0 Å². The van der Waals surface area contributed by atoms with Gasteiger partial charge < -0.3 is 0 Å². The molecule has 0 spiro atoms. The van der Waals surface area contributed by atoms with E-state index < -0.39 is 0 Å². The standard InChI is InChI=1S/C18H20OS/c1-13-8-9-15(3)17(10-13)18(19)12-20-11-16-7-5-4-6-14(16)2/h4-10H,11-12H2,1-3H3. The average molecular weight is 284 g/mol. The summed E-state index contributed by atoms with van der Waals surface area (Å²) in [5.41, 5.74) is 5.67. The van der Waals surface area contributed by atoms with Crippen LogP contribution in [0.25, 0.3) is 0 Å². The zero-order chi connectivity index (χ0) is 14.5. The van der Waals surface area contributed by atoms with E-state index in [1.165, 1.54) is 11.1 Å². The molecular weight excluding hydrogens is 264 g/mol. The second-order valence-corrected chi connectivity index (χ2v) is 6.15. The van der Waals surface area contributed by atoms with Gasteiger partial charge in [-0.3, -0.25) is 4.79 Å². The number of ketones is 1. The molecule has 0 saturated carbocycles. The van der Waals surface area contributed by atoms with Gasteiger partial charge in [-0.2, -0.15) is 0 Å². The first-order chi connectivity index (χ1) is 9.58. The summed E-state index contributed by atoms with van der Waals surface area (Å²) < 4.78 is 0. The molecule has 0 N–H and O–H groups in total. The smallest absolute Gasteiger partial charge is 0.173 e.